The average Bonchev–Trinajstić information content (AvgIpc) is 2.68. The van der Waals surface area contributed by atoms with Gasteiger partial charge in [-0.1, -0.05) is 0 Å². The van der Waals surface area contributed by atoms with Crippen LogP contribution >= 0.6 is 0 Å². The predicted octanol–water partition coefficient (Wildman–Crippen LogP) is 1.38. The van der Waals surface area contributed by atoms with E-state index in [4.69, 9.17) is 14.2 Å². The van der Waals surface area contributed by atoms with E-state index in [1.165, 1.54) is 0 Å². The first-order valence-corrected chi connectivity index (χ1v) is 6.60. The van der Waals surface area contributed by atoms with E-state index in [0.29, 0.717) is 26.1 Å². The third-order valence-electron chi connectivity index (χ3n) is 3.15. The Bertz CT molecular complexity index is 368. The van der Waals surface area contributed by atoms with Gasteiger partial charge in [-0.25, -0.2) is 4.79 Å². The van der Waals surface area contributed by atoms with Gasteiger partial charge in [0.1, 0.15) is 5.60 Å². The Kier molecular flexibility index (Phi) is 3.82. The predicted molar refractivity (Wildman–Crippen MR) is 66.7 cm³/mol. The fraction of sp³-hybridized carbons (Fsp3) is 0.846. The zero-order valence-electron chi connectivity index (χ0n) is 11.7. The van der Waals surface area contributed by atoms with Gasteiger partial charge in [0.15, 0.2) is 11.6 Å². The van der Waals surface area contributed by atoms with Crippen LogP contribution in [0.3, 0.4) is 0 Å². The summed E-state index contributed by atoms with van der Waals surface area (Å²) in [6.07, 6.45) is 0.750. The highest BCUT2D eigenvalue weighted by Gasteiger charge is 2.45. The van der Waals surface area contributed by atoms with Crippen molar-refractivity contribution < 1.29 is 23.8 Å². The fourth-order valence-electron chi connectivity index (χ4n) is 2.35. The molecule has 1 spiro atoms. The molecule has 1 N–H and O–H groups in total. The first kappa shape index (κ1) is 14.3. The van der Waals surface area contributed by atoms with Crippen molar-refractivity contribution in [2.45, 2.75) is 57.5 Å². The molecule has 0 aromatic heterocycles. The first-order chi connectivity index (χ1) is 8.80. The molecule has 1 heterocycles. The van der Waals surface area contributed by atoms with Crippen LogP contribution in [0.4, 0.5) is 4.79 Å². The largest absolute Gasteiger partial charge is 0.444 e. The molecule has 108 valence electrons. The molecule has 2 aliphatic rings. The second-order valence-electron chi connectivity index (χ2n) is 5.99. The maximum absolute atomic E-state index is 12.0. The van der Waals surface area contributed by atoms with Crippen LogP contribution in [0.5, 0.6) is 0 Å². The molecule has 6 heteroatoms. The zero-order chi connectivity index (χ0) is 14.1. The topological polar surface area (TPSA) is 73.9 Å². The van der Waals surface area contributed by atoms with Crippen LogP contribution in [0.1, 0.15) is 40.0 Å². The molecule has 0 bridgehead atoms. The lowest BCUT2D eigenvalue weighted by Crippen LogP contribution is -2.51. The van der Waals surface area contributed by atoms with Gasteiger partial charge in [-0.3, -0.25) is 4.79 Å². The number of hydrogen-bond acceptors (Lipinski definition) is 5. The maximum Gasteiger partial charge on any atom is 0.408 e. The molecule has 1 aliphatic heterocycles. The van der Waals surface area contributed by atoms with Crippen molar-refractivity contribution >= 4 is 11.9 Å². The van der Waals surface area contributed by atoms with E-state index in [1.807, 2.05) is 0 Å². The minimum Gasteiger partial charge on any atom is -0.444 e. The Morgan fingerprint density at radius 1 is 1.37 bits per heavy atom. The molecule has 6 nitrogen and oxygen atoms in total. The lowest BCUT2D eigenvalue weighted by Gasteiger charge is -2.34. The fourth-order valence-corrected chi connectivity index (χ4v) is 2.35. The number of Topliss-reactive ketones (excluding diaryl/α,β-unsaturated/α-hetero) is 1. The molecule has 1 saturated carbocycles. The average molecular weight is 271 g/mol. The summed E-state index contributed by atoms with van der Waals surface area (Å²) in [5.41, 5.74) is -0.569. The summed E-state index contributed by atoms with van der Waals surface area (Å²) in [6, 6.07) is -0.506. The number of rotatable bonds is 1. The molecule has 2 rings (SSSR count). The van der Waals surface area contributed by atoms with Crippen LogP contribution in [0.2, 0.25) is 0 Å². The van der Waals surface area contributed by atoms with Crippen LogP contribution in [-0.2, 0) is 19.0 Å². The summed E-state index contributed by atoms with van der Waals surface area (Å²) in [5.74, 6) is -0.817. The summed E-state index contributed by atoms with van der Waals surface area (Å²) in [6.45, 7) is 6.40. The molecule has 1 atom stereocenters. The third-order valence-corrected chi connectivity index (χ3v) is 3.15. The highest BCUT2D eigenvalue weighted by molar-refractivity contribution is 5.88. The van der Waals surface area contributed by atoms with E-state index in [9.17, 15) is 9.59 Å². The van der Waals surface area contributed by atoms with Gasteiger partial charge in [0.05, 0.1) is 25.7 Å². The van der Waals surface area contributed by atoms with Crippen LogP contribution in [0.25, 0.3) is 0 Å². The molecule has 0 aromatic carbocycles. The number of amides is 1. The monoisotopic (exact) mass is 271 g/mol. The number of hydrogen-bond donors (Lipinski definition) is 1. The van der Waals surface area contributed by atoms with Crippen LogP contribution in [0.15, 0.2) is 0 Å². The SMILES string of the molecule is CC(C)(C)OC(=O)NC1CCC2(CC1=O)OCCO2. The smallest absolute Gasteiger partial charge is 0.408 e. The molecule has 19 heavy (non-hydrogen) atoms. The quantitative estimate of drug-likeness (QED) is 0.779. The maximum atomic E-state index is 12.0. The van der Waals surface area contributed by atoms with E-state index >= 15 is 0 Å². The molecule has 0 radical (unpaired) electrons. The summed E-state index contributed by atoms with van der Waals surface area (Å²) < 4.78 is 16.1. The van der Waals surface area contributed by atoms with E-state index in [1.54, 1.807) is 20.8 Å². The number of nitrogens with one attached hydrogen (secondary N) is 1. The van der Waals surface area contributed by atoms with Gasteiger partial charge < -0.3 is 19.5 Å². The summed E-state index contributed by atoms with van der Waals surface area (Å²) in [5, 5.41) is 2.61. The number of carbonyl (C=O) groups excluding carboxylic acids is 2. The van der Waals surface area contributed by atoms with Crippen molar-refractivity contribution in [1.29, 1.82) is 0 Å². The lowest BCUT2D eigenvalue weighted by molar-refractivity contribution is -0.183. The minimum atomic E-state index is -0.747. The number of alkyl carbamates (subject to hydrolysis) is 1. The summed E-state index contributed by atoms with van der Waals surface area (Å²) in [7, 11) is 0. The number of carbonyl (C=O) groups is 2. The second-order valence-corrected chi connectivity index (χ2v) is 5.99. The second kappa shape index (κ2) is 5.09. The normalized spacial score (nSPS) is 26.5. The molecule has 0 aromatic rings. The van der Waals surface area contributed by atoms with E-state index in [2.05, 4.69) is 5.32 Å². The number of ether oxygens (including phenoxy) is 3. The van der Waals surface area contributed by atoms with Gasteiger partial charge in [-0.05, 0) is 27.2 Å². The number of ketones is 1. The Balaban J connectivity index is 1.86. The lowest BCUT2D eigenvalue weighted by atomic mass is 9.89. The van der Waals surface area contributed by atoms with Crippen molar-refractivity contribution in [2.75, 3.05) is 13.2 Å². The van der Waals surface area contributed by atoms with Crippen molar-refractivity contribution in [3.8, 4) is 0 Å². The van der Waals surface area contributed by atoms with Crippen molar-refractivity contribution in [1.82, 2.24) is 5.32 Å². The van der Waals surface area contributed by atoms with Crippen molar-refractivity contribution in [2.24, 2.45) is 0 Å². The zero-order valence-corrected chi connectivity index (χ0v) is 11.7. The summed E-state index contributed by atoms with van der Waals surface area (Å²) in [4.78, 5) is 23.7. The van der Waals surface area contributed by atoms with Gasteiger partial charge >= 0.3 is 6.09 Å². The molecular formula is C13H21NO5. The van der Waals surface area contributed by atoms with Gasteiger partial charge in [0.2, 0.25) is 0 Å². The van der Waals surface area contributed by atoms with Gasteiger partial charge in [0, 0.05) is 6.42 Å². The van der Waals surface area contributed by atoms with E-state index in [0.717, 1.165) is 0 Å². The van der Waals surface area contributed by atoms with E-state index in [-0.39, 0.29) is 12.2 Å². The van der Waals surface area contributed by atoms with Gasteiger partial charge in [-0.2, -0.15) is 0 Å². The molecule has 1 saturated heterocycles. The molecule has 1 aliphatic carbocycles. The van der Waals surface area contributed by atoms with Crippen LogP contribution in [0, 0.1) is 0 Å². The standard InChI is InChI=1S/C13H21NO5/c1-12(2,3)19-11(16)14-9-4-5-13(8-10(9)15)17-6-7-18-13/h9H,4-8H2,1-3H3,(H,14,16). The van der Waals surface area contributed by atoms with Gasteiger partial charge in [0.25, 0.3) is 0 Å². The van der Waals surface area contributed by atoms with Crippen LogP contribution in [-0.4, -0.2) is 42.5 Å². The highest BCUT2D eigenvalue weighted by Crippen LogP contribution is 2.34. The van der Waals surface area contributed by atoms with Crippen LogP contribution < -0.4 is 5.32 Å². The minimum absolute atomic E-state index is 0.0704. The van der Waals surface area contributed by atoms with E-state index < -0.39 is 23.5 Å². The Labute approximate surface area is 112 Å². The highest BCUT2D eigenvalue weighted by atomic mass is 16.7. The molecule has 2 fully saturated rings. The Morgan fingerprint density at radius 3 is 2.53 bits per heavy atom. The van der Waals surface area contributed by atoms with Crippen molar-refractivity contribution in [3.05, 3.63) is 0 Å². The molecular weight excluding hydrogens is 250 g/mol. The molecule has 1 unspecified atom stereocenters. The summed E-state index contributed by atoms with van der Waals surface area (Å²) >= 11 is 0. The molecule has 1 amide bonds. The Hall–Kier alpha value is -1.14. The first-order valence-electron chi connectivity index (χ1n) is 6.60. The van der Waals surface area contributed by atoms with Crippen molar-refractivity contribution in [3.63, 3.8) is 0 Å². The Morgan fingerprint density at radius 2 is 2.00 bits per heavy atom. The third kappa shape index (κ3) is 3.67. The van der Waals surface area contributed by atoms with Gasteiger partial charge in [-0.15, -0.1) is 0 Å².